The molecule has 3 atom stereocenters. The number of aryl methyl sites for hydroxylation is 1. The number of hydrogen-bond donors (Lipinski definition) is 0. The zero-order chi connectivity index (χ0) is 23.2. The molecule has 3 aliphatic heterocycles. The number of rotatable bonds is 4. The number of sulfone groups is 1. The zero-order valence-electron chi connectivity index (χ0n) is 18.7. The van der Waals surface area contributed by atoms with Crippen LogP contribution in [0.5, 0.6) is 0 Å². The third-order valence-electron chi connectivity index (χ3n) is 7.14. The van der Waals surface area contributed by atoms with Gasteiger partial charge in [0.25, 0.3) is 0 Å². The summed E-state index contributed by atoms with van der Waals surface area (Å²) in [6, 6.07) is 11.6. The quantitative estimate of drug-likeness (QED) is 0.662. The summed E-state index contributed by atoms with van der Waals surface area (Å²) in [5, 5.41) is 1.99. The highest BCUT2D eigenvalue weighted by molar-refractivity contribution is 7.91. The smallest absolute Gasteiger partial charge is 0.228 e. The fraction of sp³-hybridized carbons (Fsp3) is 0.500. The van der Waals surface area contributed by atoms with Crippen molar-refractivity contribution in [1.82, 2.24) is 9.80 Å². The van der Waals surface area contributed by atoms with Crippen molar-refractivity contribution in [3.63, 3.8) is 0 Å². The first-order chi connectivity index (χ1) is 15.8. The number of thiophene rings is 1. The molecule has 33 heavy (non-hydrogen) atoms. The summed E-state index contributed by atoms with van der Waals surface area (Å²) in [7, 11) is -2.93. The minimum Gasteiger partial charge on any atom is -0.340 e. The highest BCUT2D eigenvalue weighted by Crippen LogP contribution is 2.43. The van der Waals surface area contributed by atoms with E-state index in [-0.39, 0.29) is 41.8 Å². The fourth-order valence-corrected chi connectivity index (χ4v) is 8.00. The number of carbonyl (C=O) groups excluding carboxylic acids is 2. The molecule has 2 amide bonds. The molecule has 0 N–H and O–H groups in total. The Kier molecular flexibility index (Phi) is 6.05. The van der Waals surface area contributed by atoms with E-state index in [1.54, 1.807) is 16.2 Å². The lowest BCUT2D eigenvalue weighted by Crippen LogP contribution is -2.53. The largest absolute Gasteiger partial charge is 0.340 e. The molecule has 5 rings (SSSR count). The van der Waals surface area contributed by atoms with Crippen LogP contribution in [0.25, 0.3) is 0 Å². The molecule has 1 aromatic carbocycles. The lowest BCUT2D eigenvalue weighted by atomic mass is 9.96. The maximum absolute atomic E-state index is 13.7. The van der Waals surface area contributed by atoms with Gasteiger partial charge >= 0.3 is 0 Å². The molecular weight excluding hydrogens is 458 g/mol. The van der Waals surface area contributed by atoms with E-state index < -0.39 is 15.8 Å². The van der Waals surface area contributed by atoms with Gasteiger partial charge in [0.05, 0.1) is 23.5 Å². The molecule has 0 aliphatic carbocycles. The number of carbonyl (C=O) groups is 2. The summed E-state index contributed by atoms with van der Waals surface area (Å²) >= 11 is 1.58. The van der Waals surface area contributed by atoms with Crippen LogP contribution >= 0.6 is 11.3 Å². The Hall–Kier alpha value is -2.23. The standard InChI is InChI=1S/C24H29N3O4S2/c1-17-4-6-18(7-5-17)27-22(28)15-20(23(27)21-3-2-13-32-21)24(29)26-11-9-25(10-12-26)19-8-14-33(30,31)16-19/h2-7,13,19-20,23H,8-12,14-16H2,1H3. The second kappa shape index (κ2) is 8.85. The SMILES string of the molecule is Cc1ccc(N2C(=O)CC(C(=O)N3CCN(C4CCS(=O)(=O)C4)CC3)C2c2cccs2)cc1. The van der Waals surface area contributed by atoms with Crippen molar-refractivity contribution >= 4 is 38.7 Å². The van der Waals surface area contributed by atoms with Crippen LogP contribution in [0.4, 0.5) is 5.69 Å². The molecule has 2 aromatic rings. The van der Waals surface area contributed by atoms with Crippen LogP contribution in [0.3, 0.4) is 0 Å². The van der Waals surface area contributed by atoms with Gasteiger partial charge in [0.1, 0.15) is 0 Å². The Bertz CT molecular complexity index is 1120. The maximum atomic E-state index is 13.7. The first-order valence-electron chi connectivity index (χ1n) is 11.5. The fourth-order valence-electron chi connectivity index (χ4n) is 5.36. The van der Waals surface area contributed by atoms with Gasteiger partial charge in [-0.05, 0) is 36.9 Å². The summed E-state index contributed by atoms with van der Waals surface area (Å²) in [6.45, 7) is 4.51. The number of hydrogen-bond acceptors (Lipinski definition) is 6. The molecule has 0 bridgehead atoms. The highest BCUT2D eigenvalue weighted by atomic mass is 32.2. The summed E-state index contributed by atoms with van der Waals surface area (Å²) in [5.41, 5.74) is 1.95. The van der Waals surface area contributed by atoms with Crippen molar-refractivity contribution in [3.8, 4) is 0 Å². The van der Waals surface area contributed by atoms with E-state index in [0.717, 1.165) is 16.1 Å². The molecule has 9 heteroatoms. The molecule has 1 aromatic heterocycles. The average Bonchev–Trinajstić information content (AvgIpc) is 3.53. The van der Waals surface area contributed by atoms with Crippen LogP contribution in [-0.4, -0.2) is 73.8 Å². The van der Waals surface area contributed by atoms with Gasteiger partial charge in [0, 0.05) is 49.2 Å². The van der Waals surface area contributed by atoms with E-state index >= 15 is 0 Å². The third-order valence-corrected chi connectivity index (χ3v) is 9.83. The summed E-state index contributed by atoms with van der Waals surface area (Å²) in [4.78, 5) is 33.7. The van der Waals surface area contributed by atoms with Crippen LogP contribution in [0.2, 0.25) is 0 Å². The molecule has 0 spiro atoms. The van der Waals surface area contributed by atoms with Crippen molar-refractivity contribution in [3.05, 3.63) is 52.2 Å². The highest BCUT2D eigenvalue weighted by Gasteiger charge is 2.47. The first kappa shape index (κ1) is 22.6. The van der Waals surface area contributed by atoms with Gasteiger partial charge in [0.2, 0.25) is 11.8 Å². The Morgan fingerprint density at radius 1 is 1.06 bits per heavy atom. The van der Waals surface area contributed by atoms with Crippen molar-refractivity contribution in [2.45, 2.75) is 31.8 Å². The minimum absolute atomic E-state index is 0.0228. The second-order valence-electron chi connectivity index (χ2n) is 9.29. The molecular formula is C24H29N3O4S2. The number of anilines is 1. The third kappa shape index (κ3) is 4.46. The molecule has 3 unspecified atom stereocenters. The molecule has 0 radical (unpaired) electrons. The van der Waals surface area contributed by atoms with Gasteiger partial charge in [-0.15, -0.1) is 11.3 Å². The van der Waals surface area contributed by atoms with Crippen LogP contribution in [-0.2, 0) is 19.4 Å². The molecule has 7 nitrogen and oxygen atoms in total. The summed E-state index contributed by atoms with van der Waals surface area (Å²) < 4.78 is 23.7. The molecule has 3 aliphatic rings. The normalized spacial score (nSPS) is 27.9. The summed E-state index contributed by atoms with van der Waals surface area (Å²) in [5.74, 6) is 0.0684. The van der Waals surface area contributed by atoms with E-state index in [1.165, 1.54) is 0 Å². The lowest BCUT2D eigenvalue weighted by Gasteiger charge is -2.39. The monoisotopic (exact) mass is 487 g/mol. The number of amides is 2. The van der Waals surface area contributed by atoms with Crippen LogP contribution in [0.1, 0.15) is 29.3 Å². The van der Waals surface area contributed by atoms with E-state index in [0.29, 0.717) is 32.6 Å². The van der Waals surface area contributed by atoms with Crippen LogP contribution in [0, 0.1) is 12.8 Å². The van der Waals surface area contributed by atoms with E-state index in [4.69, 9.17) is 0 Å². The van der Waals surface area contributed by atoms with Crippen molar-refractivity contribution in [2.24, 2.45) is 5.92 Å². The van der Waals surface area contributed by atoms with Gasteiger partial charge in [0.15, 0.2) is 9.84 Å². The lowest BCUT2D eigenvalue weighted by molar-refractivity contribution is -0.138. The number of nitrogens with zero attached hydrogens (tertiary/aromatic N) is 3. The average molecular weight is 488 g/mol. The van der Waals surface area contributed by atoms with Crippen molar-refractivity contribution in [1.29, 1.82) is 0 Å². The molecule has 176 valence electrons. The first-order valence-corrected chi connectivity index (χ1v) is 14.2. The van der Waals surface area contributed by atoms with E-state index in [2.05, 4.69) is 4.90 Å². The van der Waals surface area contributed by atoms with Crippen molar-refractivity contribution in [2.75, 3.05) is 42.6 Å². The second-order valence-corrected chi connectivity index (χ2v) is 12.5. The van der Waals surface area contributed by atoms with E-state index in [1.807, 2.05) is 53.6 Å². The van der Waals surface area contributed by atoms with Gasteiger partial charge < -0.3 is 9.80 Å². The molecule has 3 fully saturated rings. The maximum Gasteiger partial charge on any atom is 0.228 e. The molecule has 3 saturated heterocycles. The van der Waals surface area contributed by atoms with Gasteiger partial charge in [-0.2, -0.15) is 0 Å². The Morgan fingerprint density at radius 3 is 2.39 bits per heavy atom. The Balaban J connectivity index is 1.33. The molecule has 0 saturated carbocycles. The minimum atomic E-state index is -2.93. The summed E-state index contributed by atoms with van der Waals surface area (Å²) in [6.07, 6.45) is 0.885. The number of piperazine rings is 1. The van der Waals surface area contributed by atoms with Gasteiger partial charge in [-0.25, -0.2) is 8.42 Å². The van der Waals surface area contributed by atoms with Gasteiger partial charge in [-0.3, -0.25) is 14.5 Å². The van der Waals surface area contributed by atoms with Crippen LogP contribution in [0.15, 0.2) is 41.8 Å². The topological polar surface area (TPSA) is 78.0 Å². The predicted octanol–water partition coefficient (Wildman–Crippen LogP) is 2.48. The van der Waals surface area contributed by atoms with Gasteiger partial charge in [-0.1, -0.05) is 23.8 Å². The van der Waals surface area contributed by atoms with E-state index in [9.17, 15) is 18.0 Å². The van der Waals surface area contributed by atoms with Crippen LogP contribution < -0.4 is 4.90 Å². The Morgan fingerprint density at radius 2 is 1.79 bits per heavy atom. The molecule has 4 heterocycles. The Labute approximate surface area is 198 Å². The number of benzene rings is 1. The van der Waals surface area contributed by atoms with Crippen molar-refractivity contribution < 1.29 is 18.0 Å². The predicted molar refractivity (Wildman–Crippen MR) is 129 cm³/mol. The zero-order valence-corrected chi connectivity index (χ0v) is 20.4.